The molecule has 9 unspecified atom stereocenters. The Labute approximate surface area is 235 Å². The van der Waals surface area contributed by atoms with Crippen LogP contribution in [0.4, 0.5) is 0 Å². The van der Waals surface area contributed by atoms with E-state index in [0.29, 0.717) is 12.3 Å². The van der Waals surface area contributed by atoms with Crippen molar-refractivity contribution in [2.24, 2.45) is 50.2 Å². The third kappa shape index (κ3) is 3.78. The van der Waals surface area contributed by atoms with Crippen LogP contribution in [-0.2, 0) is 19.1 Å². The van der Waals surface area contributed by atoms with Crippen LogP contribution < -0.4 is 0 Å². The summed E-state index contributed by atoms with van der Waals surface area (Å²) in [5.74, 6) is 0.210. The number of fused-ring (bicyclic) bond motifs is 7. The van der Waals surface area contributed by atoms with E-state index in [1.807, 2.05) is 13.0 Å². The number of ketones is 1. The van der Waals surface area contributed by atoms with E-state index in [9.17, 15) is 19.6 Å². The second-order valence-electron chi connectivity index (χ2n) is 16.0. The average molecular weight is 542 g/mol. The van der Waals surface area contributed by atoms with Gasteiger partial charge in [-0.05, 0) is 97.4 Å². The Kier molecular flexibility index (Phi) is 6.40. The molecule has 5 rings (SSSR count). The number of carbonyl (C=O) groups excluding carboxylic acids is 3. The molecular formula is C33H51NO5. The van der Waals surface area contributed by atoms with Crippen molar-refractivity contribution in [2.75, 3.05) is 7.05 Å². The van der Waals surface area contributed by atoms with Gasteiger partial charge in [-0.15, -0.1) is 0 Å². The molecule has 0 radical (unpaired) electrons. The van der Waals surface area contributed by atoms with E-state index in [1.54, 1.807) is 0 Å². The van der Waals surface area contributed by atoms with Crippen molar-refractivity contribution in [2.45, 2.75) is 119 Å². The summed E-state index contributed by atoms with van der Waals surface area (Å²) >= 11 is 0. The fraction of sp³-hybridized carbons (Fsp3) is 0.848. The minimum absolute atomic E-state index is 0.0633. The fourth-order valence-electron chi connectivity index (χ4n) is 11.2. The third-order valence-electron chi connectivity index (χ3n) is 13.6. The molecule has 218 valence electrons. The lowest BCUT2D eigenvalue weighted by Crippen LogP contribution is -2.66. The molecule has 39 heavy (non-hydrogen) atoms. The molecule has 6 nitrogen and oxygen atoms in total. The molecule has 4 fully saturated rings. The molecule has 9 atom stereocenters. The quantitative estimate of drug-likeness (QED) is 0.238. The lowest BCUT2D eigenvalue weighted by atomic mass is 9.33. The Morgan fingerprint density at radius 2 is 1.59 bits per heavy atom. The zero-order chi connectivity index (χ0) is 29.0. The van der Waals surface area contributed by atoms with Gasteiger partial charge < -0.3 is 4.74 Å². The number of hydrogen-bond donors (Lipinski definition) is 1. The number of ether oxygens (including phenoxy) is 1. The summed E-state index contributed by atoms with van der Waals surface area (Å²) in [7, 11) is 1.43. The zero-order valence-electron chi connectivity index (χ0n) is 25.8. The minimum atomic E-state index is -0.629. The molecule has 5 aliphatic carbocycles. The van der Waals surface area contributed by atoms with Crippen LogP contribution in [0.1, 0.15) is 113 Å². The molecule has 6 heteroatoms. The number of esters is 1. The number of amides is 1. The van der Waals surface area contributed by atoms with Gasteiger partial charge in [0.05, 0.1) is 0 Å². The van der Waals surface area contributed by atoms with Crippen LogP contribution in [0.15, 0.2) is 11.6 Å². The van der Waals surface area contributed by atoms with Gasteiger partial charge in [0.1, 0.15) is 6.10 Å². The van der Waals surface area contributed by atoms with Crippen LogP contribution in [0.25, 0.3) is 0 Å². The highest BCUT2D eigenvalue weighted by Gasteiger charge is 2.70. The van der Waals surface area contributed by atoms with Gasteiger partial charge in [-0.3, -0.25) is 19.6 Å². The maximum absolute atomic E-state index is 14.5. The van der Waals surface area contributed by atoms with Crippen LogP contribution in [0.5, 0.6) is 0 Å². The Hall–Kier alpha value is -1.69. The summed E-state index contributed by atoms with van der Waals surface area (Å²) in [4.78, 5) is 39.5. The molecule has 0 aliphatic heterocycles. The van der Waals surface area contributed by atoms with Crippen LogP contribution in [-0.4, -0.2) is 41.1 Å². The monoisotopic (exact) mass is 541 g/mol. The molecule has 1 N–H and O–H groups in total. The standard InChI is InChI=1S/C33H51NO5/c1-20(35)39-25-11-12-31(6)24(28(25,2)3)10-13-33(8)26(31)23(36)18-21-22-19-30(5,27(37)34(9)38)15-14-29(22,4)16-17-32(21,33)7/h18,22,24-26,38H,10-17,19H2,1-9H3. The number of allylic oxidation sites excluding steroid dienone is 2. The highest BCUT2D eigenvalue weighted by atomic mass is 16.5. The first-order valence-corrected chi connectivity index (χ1v) is 15.3. The molecule has 0 heterocycles. The van der Waals surface area contributed by atoms with Crippen molar-refractivity contribution in [1.82, 2.24) is 5.06 Å². The van der Waals surface area contributed by atoms with E-state index in [0.717, 1.165) is 56.4 Å². The van der Waals surface area contributed by atoms with Gasteiger partial charge in [0.25, 0.3) is 5.91 Å². The van der Waals surface area contributed by atoms with E-state index in [2.05, 4.69) is 41.5 Å². The summed E-state index contributed by atoms with van der Waals surface area (Å²) in [6, 6.07) is 0. The van der Waals surface area contributed by atoms with Gasteiger partial charge in [-0.2, -0.15) is 0 Å². The topological polar surface area (TPSA) is 83.9 Å². The predicted octanol–water partition coefficient (Wildman–Crippen LogP) is 6.75. The van der Waals surface area contributed by atoms with Gasteiger partial charge in [-0.25, -0.2) is 5.06 Å². The van der Waals surface area contributed by atoms with Crippen molar-refractivity contribution in [3.05, 3.63) is 11.6 Å². The molecule has 0 aromatic rings. The van der Waals surface area contributed by atoms with Crippen LogP contribution in [0.3, 0.4) is 0 Å². The summed E-state index contributed by atoms with van der Waals surface area (Å²) in [6.07, 6.45) is 10.1. The van der Waals surface area contributed by atoms with Crippen molar-refractivity contribution in [3.63, 3.8) is 0 Å². The maximum atomic E-state index is 14.5. The van der Waals surface area contributed by atoms with Gasteiger partial charge in [0, 0.05) is 30.7 Å². The number of hydroxylamine groups is 2. The molecule has 0 aromatic heterocycles. The van der Waals surface area contributed by atoms with Crippen LogP contribution in [0.2, 0.25) is 0 Å². The first-order chi connectivity index (χ1) is 17.9. The minimum Gasteiger partial charge on any atom is -0.462 e. The van der Waals surface area contributed by atoms with E-state index in [-0.39, 0.29) is 62.7 Å². The summed E-state index contributed by atoms with van der Waals surface area (Å²) in [6.45, 7) is 17.5. The number of carbonyl (C=O) groups is 3. The molecule has 0 spiro atoms. The summed E-state index contributed by atoms with van der Waals surface area (Å²) in [5.41, 5.74) is 0.0629. The normalized spacial score (nSPS) is 48.5. The fourth-order valence-corrected chi connectivity index (χ4v) is 11.2. The Morgan fingerprint density at radius 1 is 0.949 bits per heavy atom. The average Bonchev–Trinajstić information content (AvgIpc) is 2.82. The highest BCUT2D eigenvalue weighted by molar-refractivity contribution is 5.95. The van der Waals surface area contributed by atoms with Gasteiger partial charge in [-0.1, -0.05) is 54.0 Å². The highest BCUT2D eigenvalue weighted by Crippen LogP contribution is 2.75. The first-order valence-electron chi connectivity index (χ1n) is 15.3. The Morgan fingerprint density at radius 3 is 2.21 bits per heavy atom. The van der Waals surface area contributed by atoms with E-state index >= 15 is 0 Å². The first kappa shape index (κ1) is 28.8. The van der Waals surface area contributed by atoms with Crippen molar-refractivity contribution in [1.29, 1.82) is 0 Å². The molecule has 0 saturated heterocycles. The van der Waals surface area contributed by atoms with E-state index < -0.39 is 5.41 Å². The molecular weight excluding hydrogens is 490 g/mol. The van der Waals surface area contributed by atoms with Crippen LogP contribution >= 0.6 is 0 Å². The van der Waals surface area contributed by atoms with Crippen molar-refractivity contribution < 1.29 is 24.3 Å². The lowest BCUT2D eigenvalue weighted by molar-refractivity contribution is -0.210. The van der Waals surface area contributed by atoms with E-state index in [4.69, 9.17) is 4.74 Å². The number of hydrogen-bond acceptors (Lipinski definition) is 5. The number of nitrogens with zero attached hydrogens (tertiary/aromatic N) is 1. The van der Waals surface area contributed by atoms with Gasteiger partial charge >= 0.3 is 5.97 Å². The second kappa shape index (κ2) is 8.66. The van der Waals surface area contributed by atoms with Gasteiger partial charge in [0.15, 0.2) is 5.78 Å². The van der Waals surface area contributed by atoms with Crippen molar-refractivity contribution in [3.8, 4) is 0 Å². The van der Waals surface area contributed by atoms with Crippen molar-refractivity contribution >= 4 is 17.7 Å². The predicted molar refractivity (Wildman–Crippen MR) is 150 cm³/mol. The maximum Gasteiger partial charge on any atom is 0.302 e. The molecule has 0 bridgehead atoms. The Balaban J connectivity index is 1.57. The molecule has 4 saturated carbocycles. The lowest BCUT2D eigenvalue weighted by Gasteiger charge is -2.70. The molecule has 5 aliphatic rings. The summed E-state index contributed by atoms with van der Waals surface area (Å²) in [5, 5.41) is 10.8. The third-order valence-corrected chi connectivity index (χ3v) is 13.6. The largest absolute Gasteiger partial charge is 0.462 e. The summed E-state index contributed by atoms with van der Waals surface area (Å²) < 4.78 is 5.84. The Bertz CT molecular complexity index is 1130. The van der Waals surface area contributed by atoms with Gasteiger partial charge in [0.2, 0.25) is 0 Å². The SMILES string of the molecule is CC(=O)OC1CCC2(C)C(CCC3(C)C2C(=O)C=C2C4CC(C)(C(=O)N(C)O)CCC4(C)CCC23C)C1(C)C. The number of rotatable bonds is 2. The molecule has 1 amide bonds. The zero-order valence-corrected chi connectivity index (χ0v) is 25.8. The molecule has 0 aromatic carbocycles. The second-order valence-corrected chi connectivity index (χ2v) is 16.0. The van der Waals surface area contributed by atoms with Crippen LogP contribution in [0, 0.1) is 50.2 Å². The smallest absolute Gasteiger partial charge is 0.302 e. The van der Waals surface area contributed by atoms with E-state index in [1.165, 1.54) is 19.5 Å².